The van der Waals surface area contributed by atoms with Crippen molar-refractivity contribution in [1.29, 1.82) is 0 Å². The molecule has 1 saturated heterocycles. The van der Waals surface area contributed by atoms with Gasteiger partial charge in [0.05, 0.1) is 11.3 Å². The van der Waals surface area contributed by atoms with Crippen molar-refractivity contribution in [2.75, 3.05) is 25.9 Å². The van der Waals surface area contributed by atoms with Gasteiger partial charge in [-0.1, -0.05) is 13.8 Å². The van der Waals surface area contributed by atoms with Crippen LogP contribution in [0.3, 0.4) is 0 Å². The minimum atomic E-state index is -3.27. The highest BCUT2D eigenvalue weighted by atomic mass is 32.2. The monoisotopic (exact) mass is 389 g/mol. The zero-order chi connectivity index (χ0) is 18.8. The summed E-state index contributed by atoms with van der Waals surface area (Å²) in [6.45, 7) is 4.09. The molecule has 0 unspecified atom stereocenters. The summed E-state index contributed by atoms with van der Waals surface area (Å²) in [5.41, 5.74) is 0.250. The molecule has 8 nitrogen and oxygen atoms in total. The van der Waals surface area contributed by atoms with Crippen molar-refractivity contribution < 1.29 is 23.1 Å². The van der Waals surface area contributed by atoms with Gasteiger partial charge in [0.2, 0.25) is 10.0 Å². The van der Waals surface area contributed by atoms with Crippen molar-refractivity contribution in [2.45, 2.75) is 38.6 Å². The molecule has 1 aromatic rings. The summed E-state index contributed by atoms with van der Waals surface area (Å²) in [5.74, 6) is -1.32. The summed E-state index contributed by atoms with van der Waals surface area (Å²) >= 11 is 1.38. The summed E-state index contributed by atoms with van der Waals surface area (Å²) in [6.07, 6.45) is 1.97. The largest absolute Gasteiger partial charge is 0.480 e. The normalized spacial score (nSPS) is 17.0. The molecule has 140 valence electrons. The van der Waals surface area contributed by atoms with Crippen molar-refractivity contribution in [3.05, 3.63) is 16.1 Å². The Kier molecular flexibility index (Phi) is 6.17. The van der Waals surface area contributed by atoms with Gasteiger partial charge in [-0.25, -0.2) is 17.7 Å². The predicted octanol–water partition coefficient (Wildman–Crippen LogP) is 1.22. The molecule has 1 aromatic heterocycles. The van der Waals surface area contributed by atoms with Gasteiger partial charge in [0, 0.05) is 30.4 Å². The van der Waals surface area contributed by atoms with Crippen LogP contribution in [-0.4, -0.2) is 71.5 Å². The molecule has 0 saturated carbocycles. The highest BCUT2D eigenvalue weighted by molar-refractivity contribution is 7.88. The SMILES string of the molecule is CC(C)c1nc(C(=O)N(CC(=O)O)C2CCN(S(C)(=O)=O)CC2)cs1. The van der Waals surface area contributed by atoms with Gasteiger partial charge >= 0.3 is 5.97 Å². The first-order chi connectivity index (χ1) is 11.6. The number of aromatic nitrogens is 1. The number of thiazole rings is 1. The standard InChI is InChI=1S/C15H23N3O5S2/c1-10(2)14-16-12(9-24-14)15(21)18(8-13(19)20)11-4-6-17(7-5-11)25(3,22)23/h9-11H,4-8H2,1-3H3,(H,19,20). The van der Waals surface area contributed by atoms with E-state index in [2.05, 4.69) is 4.98 Å². The molecule has 0 aromatic carbocycles. The van der Waals surface area contributed by atoms with Crippen LogP contribution in [0.2, 0.25) is 0 Å². The maximum atomic E-state index is 12.8. The van der Waals surface area contributed by atoms with E-state index < -0.39 is 28.4 Å². The number of hydrogen-bond donors (Lipinski definition) is 1. The molecule has 0 atom stereocenters. The van der Waals surface area contributed by atoms with Crippen LogP contribution >= 0.6 is 11.3 Å². The summed E-state index contributed by atoms with van der Waals surface area (Å²) in [4.78, 5) is 29.6. The number of amides is 1. The third kappa shape index (κ3) is 4.99. The zero-order valence-electron chi connectivity index (χ0n) is 14.5. The van der Waals surface area contributed by atoms with Crippen molar-refractivity contribution >= 4 is 33.2 Å². The maximum Gasteiger partial charge on any atom is 0.323 e. The first kappa shape index (κ1) is 19.8. The van der Waals surface area contributed by atoms with Crippen molar-refractivity contribution in [2.24, 2.45) is 0 Å². The molecule has 0 bridgehead atoms. The Morgan fingerprint density at radius 3 is 2.44 bits per heavy atom. The van der Waals surface area contributed by atoms with Gasteiger partial charge in [-0.05, 0) is 12.8 Å². The molecular formula is C15H23N3O5S2. The Labute approximate surface area is 151 Å². The van der Waals surface area contributed by atoms with Crippen LogP contribution in [0.4, 0.5) is 0 Å². The smallest absolute Gasteiger partial charge is 0.323 e. The van der Waals surface area contributed by atoms with E-state index in [0.29, 0.717) is 12.8 Å². The van der Waals surface area contributed by atoms with E-state index in [9.17, 15) is 18.0 Å². The number of aliphatic carboxylic acids is 1. The van der Waals surface area contributed by atoms with Crippen LogP contribution in [-0.2, 0) is 14.8 Å². The fourth-order valence-electron chi connectivity index (χ4n) is 2.80. The highest BCUT2D eigenvalue weighted by Gasteiger charge is 2.33. The molecule has 1 aliphatic heterocycles. The van der Waals surface area contributed by atoms with Crippen LogP contribution in [0.1, 0.15) is 48.1 Å². The minimum Gasteiger partial charge on any atom is -0.480 e. The quantitative estimate of drug-likeness (QED) is 0.784. The number of piperidine rings is 1. The predicted molar refractivity (Wildman–Crippen MR) is 94.3 cm³/mol. The van der Waals surface area contributed by atoms with E-state index >= 15 is 0 Å². The number of carboxylic acids is 1. The van der Waals surface area contributed by atoms with Crippen molar-refractivity contribution in [1.82, 2.24) is 14.2 Å². The van der Waals surface area contributed by atoms with E-state index in [1.54, 1.807) is 5.38 Å². The molecule has 0 aliphatic carbocycles. The summed E-state index contributed by atoms with van der Waals surface area (Å²) in [7, 11) is -3.27. The fraction of sp³-hybridized carbons (Fsp3) is 0.667. The number of hydrogen-bond acceptors (Lipinski definition) is 6. The molecule has 1 aliphatic rings. The molecule has 2 rings (SSSR count). The first-order valence-corrected chi connectivity index (χ1v) is 10.8. The second kappa shape index (κ2) is 7.79. The van der Waals surface area contributed by atoms with Crippen LogP contribution in [0.5, 0.6) is 0 Å². The lowest BCUT2D eigenvalue weighted by molar-refractivity contribution is -0.138. The number of nitrogens with zero attached hydrogens (tertiary/aromatic N) is 3. The van der Waals surface area contributed by atoms with Crippen LogP contribution in [0.25, 0.3) is 0 Å². The Hall–Kier alpha value is -1.52. The van der Waals surface area contributed by atoms with Gasteiger partial charge in [-0.15, -0.1) is 11.3 Å². The molecule has 0 spiro atoms. The third-order valence-electron chi connectivity index (χ3n) is 4.13. The van der Waals surface area contributed by atoms with E-state index in [0.717, 1.165) is 11.3 Å². The fourth-order valence-corrected chi connectivity index (χ4v) is 4.48. The average Bonchev–Trinajstić information content (AvgIpc) is 3.01. The van der Waals surface area contributed by atoms with E-state index in [4.69, 9.17) is 5.11 Å². The zero-order valence-corrected chi connectivity index (χ0v) is 16.1. The van der Waals surface area contributed by atoms with Crippen LogP contribution in [0, 0.1) is 0 Å². The summed E-state index contributed by atoms with van der Waals surface area (Å²) < 4.78 is 24.6. The lowest BCUT2D eigenvalue weighted by Gasteiger charge is -2.36. The Morgan fingerprint density at radius 2 is 2.00 bits per heavy atom. The van der Waals surface area contributed by atoms with Gasteiger partial charge in [0.1, 0.15) is 12.2 Å². The second-order valence-electron chi connectivity index (χ2n) is 6.45. The van der Waals surface area contributed by atoms with Crippen molar-refractivity contribution in [3.63, 3.8) is 0 Å². The van der Waals surface area contributed by atoms with Gasteiger partial charge in [-0.2, -0.15) is 0 Å². The minimum absolute atomic E-state index is 0.192. The molecule has 1 fully saturated rings. The summed E-state index contributed by atoms with van der Waals surface area (Å²) in [6, 6.07) is -0.314. The maximum absolute atomic E-state index is 12.8. The molecule has 10 heteroatoms. The molecular weight excluding hydrogens is 366 g/mol. The second-order valence-corrected chi connectivity index (χ2v) is 9.32. The summed E-state index contributed by atoms with van der Waals surface area (Å²) in [5, 5.41) is 11.6. The van der Waals surface area contributed by atoms with Gasteiger partial charge < -0.3 is 10.0 Å². The number of carbonyl (C=O) groups is 2. The van der Waals surface area contributed by atoms with Crippen LogP contribution < -0.4 is 0 Å². The Bertz CT molecular complexity index is 736. The first-order valence-electron chi connectivity index (χ1n) is 8.03. The lowest BCUT2D eigenvalue weighted by atomic mass is 10.0. The highest BCUT2D eigenvalue weighted by Crippen LogP contribution is 2.23. The number of carbonyl (C=O) groups excluding carboxylic acids is 1. The van der Waals surface area contributed by atoms with Gasteiger partial charge in [0.25, 0.3) is 5.91 Å². The molecule has 25 heavy (non-hydrogen) atoms. The van der Waals surface area contributed by atoms with E-state index in [1.807, 2.05) is 13.8 Å². The van der Waals surface area contributed by atoms with E-state index in [1.165, 1.54) is 20.5 Å². The molecule has 1 amide bonds. The molecule has 2 heterocycles. The number of carboxylic acid groups (broad SMARTS) is 1. The Balaban J connectivity index is 2.16. The lowest BCUT2D eigenvalue weighted by Crippen LogP contribution is -2.50. The van der Waals surface area contributed by atoms with Gasteiger partial charge in [-0.3, -0.25) is 9.59 Å². The molecule has 1 N–H and O–H groups in total. The topological polar surface area (TPSA) is 108 Å². The number of sulfonamides is 1. The third-order valence-corrected chi connectivity index (χ3v) is 6.58. The molecule has 0 radical (unpaired) electrons. The number of rotatable bonds is 6. The Morgan fingerprint density at radius 1 is 1.40 bits per heavy atom. The average molecular weight is 389 g/mol. The van der Waals surface area contributed by atoms with Crippen molar-refractivity contribution in [3.8, 4) is 0 Å². The van der Waals surface area contributed by atoms with Crippen LogP contribution in [0.15, 0.2) is 5.38 Å². The van der Waals surface area contributed by atoms with Gasteiger partial charge in [0.15, 0.2) is 0 Å². The van der Waals surface area contributed by atoms with E-state index in [-0.39, 0.29) is 30.7 Å².